The molecule has 122 valence electrons. The lowest BCUT2D eigenvalue weighted by atomic mass is 10.2. The van der Waals surface area contributed by atoms with Crippen molar-refractivity contribution in [2.45, 2.75) is 13.8 Å². The monoisotopic (exact) mass is 363 g/mol. The molecule has 0 aliphatic rings. The van der Waals surface area contributed by atoms with Crippen molar-refractivity contribution in [2.24, 2.45) is 0 Å². The Kier molecular flexibility index (Phi) is 4.67. The van der Waals surface area contributed by atoms with Gasteiger partial charge in [-0.05, 0) is 48.6 Å². The molecule has 0 radical (unpaired) electrons. The number of para-hydroxylation sites is 1. The first-order chi connectivity index (χ1) is 12.1. The number of hydrogen-bond donors (Lipinski definition) is 0. The summed E-state index contributed by atoms with van der Waals surface area (Å²) in [4.78, 5) is 14.0. The normalized spacial score (nSPS) is 11.1. The molecule has 0 aliphatic carbocycles. The predicted molar refractivity (Wildman–Crippen MR) is 101 cm³/mol. The first kappa shape index (κ1) is 16.9. The van der Waals surface area contributed by atoms with Crippen LogP contribution in [0.15, 0.2) is 40.5 Å². The van der Waals surface area contributed by atoms with Crippen LogP contribution in [0, 0.1) is 36.5 Å². The Bertz CT molecular complexity index is 1200. The van der Waals surface area contributed by atoms with E-state index < -0.39 is 0 Å². The zero-order valence-corrected chi connectivity index (χ0v) is 15.2. The van der Waals surface area contributed by atoms with E-state index >= 15 is 0 Å². The highest BCUT2D eigenvalue weighted by atomic mass is 32.1. The van der Waals surface area contributed by atoms with Gasteiger partial charge in [-0.1, -0.05) is 18.2 Å². The van der Waals surface area contributed by atoms with Gasteiger partial charge in [0.05, 0.1) is 10.2 Å². The van der Waals surface area contributed by atoms with E-state index in [-0.39, 0.29) is 11.1 Å². The van der Waals surface area contributed by atoms with Gasteiger partial charge in [0.2, 0.25) is 0 Å². The molecule has 25 heavy (non-hydrogen) atoms. The van der Waals surface area contributed by atoms with Crippen LogP contribution in [0.1, 0.15) is 16.0 Å². The molecule has 6 heteroatoms. The first-order valence-corrected chi connectivity index (χ1v) is 9.14. The van der Waals surface area contributed by atoms with Gasteiger partial charge in [0.1, 0.15) is 16.8 Å². The molecule has 0 N–H and O–H groups in total. The van der Waals surface area contributed by atoms with Crippen LogP contribution in [0.5, 0.6) is 0 Å². The maximum atomic E-state index is 13.0. The second-order valence-corrected chi connectivity index (χ2v) is 7.39. The van der Waals surface area contributed by atoms with E-state index in [0.29, 0.717) is 14.9 Å². The highest BCUT2D eigenvalue weighted by molar-refractivity contribution is 7.11. The molecule has 0 aliphatic heterocycles. The zero-order chi connectivity index (χ0) is 18.0. The number of aromatic nitrogens is 1. The summed E-state index contributed by atoms with van der Waals surface area (Å²) in [6.45, 7) is 3.88. The van der Waals surface area contributed by atoms with E-state index in [4.69, 9.17) is 0 Å². The molecular weight excluding hydrogens is 350 g/mol. The van der Waals surface area contributed by atoms with Crippen molar-refractivity contribution >= 4 is 34.3 Å². The molecule has 0 bridgehead atoms. The van der Waals surface area contributed by atoms with E-state index in [9.17, 15) is 15.3 Å². The van der Waals surface area contributed by atoms with Gasteiger partial charge < -0.3 is 0 Å². The molecule has 4 nitrogen and oxygen atoms in total. The number of thiophene rings is 1. The second-order valence-electron chi connectivity index (χ2n) is 5.41. The molecule has 2 heterocycles. The fourth-order valence-electron chi connectivity index (χ4n) is 2.46. The Hall–Kier alpha value is -2.93. The largest absolute Gasteiger partial charge is 0.273 e. The molecule has 0 spiro atoms. The third-order valence-corrected chi connectivity index (χ3v) is 5.84. The summed E-state index contributed by atoms with van der Waals surface area (Å²) in [7, 11) is 0. The molecule has 0 saturated carbocycles. The fourth-order valence-corrected chi connectivity index (χ4v) is 4.42. The third-order valence-electron chi connectivity index (χ3n) is 3.78. The number of aryl methyl sites for hydroxylation is 2. The van der Waals surface area contributed by atoms with Gasteiger partial charge >= 0.3 is 0 Å². The van der Waals surface area contributed by atoms with Crippen molar-refractivity contribution in [3.05, 3.63) is 71.3 Å². The van der Waals surface area contributed by atoms with Crippen LogP contribution in [0.3, 0.4) is 0 Å². The standard InChI is InChI=1S/C19H13N3OS2/c1-12-5-3-4-6-15(12)22-18(23)17(9-16-13(2)7-8-24-16)25-19(22)14(10-20)11-21/h3-9H,1-2H3/b17-9-. The van der Waals surface area contributed by atoms with E-state index in [0.717, 1.165) is 16.0 Å². The Morgan fingerprint density at radius 3 is 2.44 bits per heavy atom. The SMILES string of the molecule is Cc1ccccc1-n1c(=C(C#N)C#N)s/c(=C\c2sccc2C)c1=O. The molecule has 0 atom stereocenters. The molecule has 0 fully saturated rings. The van der Waals surface area contributed by atoms with Crippen LogP contribution in [0.4, 0.5) is 0 Å². The number of thiazole rings is 1. The lowest BCUT2D eigenvalue weighted by Gasteiger charge is -2.05. The number of benzene rings is 1. The smallest absolute Gasteiger partial charge is 0.267 e. The molecule has 0 saturated heterocycles. The van der Waals surface area contributed by atoms with Gasteiger partial charge in [-0.2, -0.15) is 10.5 Å². The van der Waals surface area contributed by atoms with E-state index in [1.165, 1.54) is 15.9 Å². The maximum absolute atomic E-state index is 13.0. The van der Waals surface area contributed by atoms with Gasteiger partial charge in [0.15, 0.2) is 5.57 Å². The van der Waals surface area contributed by atoms with Crippen molar-refractivity contribution in [2.75, 3.05) is 0 Å². The molecule has 0 amide bonds. The molecular formula is C19H13N3OS2. The maximum Gasteiger partial charge on any atom is 0.273 e. The average Bonchev–Trinajstić information content (AvgIpc) is 3.14. The Balaban J connectivity index is 2.46. The van der Waals surface area contributed by atoms with E-state index in [1.54, 1.807) is 11.3 Å². The highest BCUT2D eigenvalue weighted by Crippen LogP contribution is 2.16. The fraction of sp³-hybridized carbons (Fsp3) is 0.105. The van der Waals surface area contributed by atoms with Crippen LogP contribution in [0.25, 0.3) is 17.3 Å². The lowest BCUT2D eigenvalue weighted by molar-refractivity contribution is 0.975. The van der Waals surface area contributed by atoms with Crippen LogP contribution in [-0.2, 0) is 0 Å². The van der Waals surface area contributed by atoms with Gasteiger partial charge in [-0.25, -0.2) is 0 Å². The number of rotatable bonds is 2. The minimum absolute atomic E-state index is 0.0621. The number of nitrogens with zero attached hydrogens (tertiary/aromatic N) is 3. The summed E-state index contributed by atoms with van der Waals surface area (Å²) in [6, 6.07) is 13.2. The Morgan fingerprint density at radius 1 is 1.12 bits per heavy atom. The zero-order valence-electron chi connectivity index (χ0n) is 13.6. The number of hydrogen-bond acceptors (Lipinski definition) is 5. The molecule has 2 aromatic heterocycles. The van der Waals surface area contributed by atoms with Crippen molar-refractivity contribution in [1.29, 1.82) is 10.5 Å². The summed E-state index contributed by atoms with van der Waals surface area (Å²) < 4.78 is 2.34. The average molecular weight is 363 g/mol. The van der Waals surface area contributed by atoms with Gasteiger partial charge in [-0.3, -0.25) is 9.36 Å². The molecule has 0 unspecified atom stereocenters. The second kappa shape index (κ2) is 6.90. The third kappa shape index (κ3) is 3.06. The topological polar surface area (TPSA) is 69.6 Å². The van der Waals surface area contributed by atoms with Crippen LogP contribution in [-0.4, -0.2) is 4.57 Å². The highest BCUT2D eigenvalue weighted by Gasteiger charge is 2.13. The van der Waals surface area contributed by atoms with Crippen LogP contribution < -0.4 is 14.8 Å². The number of nitriles is 2. The Labute approximate surface area is 152 Å². The summed E-state index contributed by atoms with van der Waals surface area (Å²) in [5, 5.41) is 20.6. The van der Waals surface area contributed by atoms with E-state index in [1.807, 2.05) is 67.8 Å². The molecule has 3 rings (SSSR count). The van der Waals surface area contributed by atoms with Gasteiger partial charge in [0, 0.05) is 4.88 Å². The van der Waals surface area contributed by atoms with Crippen LogP contribution >= 0.6 is 22.7 Å². The minimum atomic E-state index is -0.218. The van der Waals surface area contributed by atoms with Crippen molar-refractivity contribution < 1.29 is 0 Å². The lowest BCUT2D eigenvalue weighted by Crippen LogP contribution is -2.31. The van der Waals surface area contributed by atoms with Crippen molar-refractivity contribution in [3.8, 4) is 17.8 Å². The summed E-state index contributed by atoms with van der Waals surface area (Å²) >= 11 is 2.73. The van der Waals surface area contributed by atoms with Gasteiger partial charge in [-0.15, -0.1) is 22.7 Å². The van der Waals surface area contributed by atoms with Crippen molar-refractivity contribution in [1.82, 2.24) is 4.57 Å². The Morgan fingerprint density at radius 2 is 1.84 bits per heavy atom. The van der Waals surface area contributed by atoms with Crippen LogP contribution in [0.2, 0.25) is 0 Å². The summed E-state index contributed by atoms with van der Waals surface area (Å²) in [5.41, 5.74) is 2.40. The van der Waals surface area contributed by atoms with Crippen molar-refractivity contribution in [3.63, 3.8) is 0 Å². The van der Waals surface area contributed by atoms with Gasteiger partial charge in [0.25, 0.3) is 5.56 Å². The minimum Gasteiger partial charge on any atom is -0.267 e. The molecule has 3 aromatic rings. The summed E-state index contributed by atoms with van der Waals surface area (Å²) in [5.74, 6) is 0. The molecule has 1 aromatic carbocycles. The summed E-state index contributed by atoms with van der Waals surface area (Å²) in [6.07, 6.45) is 1.83. The predicted octanol–water partition coefficient (Wildman–Crippen LogP) is 2.60. The van der Waals surface area contributed by atoms with E-state index in [2.05, 4.69) is 0 Å². The quantitative estimate of drug-likeness (QED) is 0.703. The first-order valence-electron chi connectivity index (χ1n) is 7.45.